The lowest BCUT2D eigenvalue weighted by atomic mass is 10.0. The van der Waals surface area contributed by atoms with Gasteiger partial charge in [-0.2, -0.15) is 5.10 Å². The lowest BCUT2D eigenvalue weighted by Gasteiger charge is -2.34. The Labute approximate surface area is 170 Å². The van der Waals surface area contributed by atoms with Crippen molar-refractivity contribution in [3.05, 3.63) is 54.2 Å². The molecule has 29 heavy (non-hydrogen) atoms. The first-order valence-electron chi connectivity index (χ1n) is 10.1. The number of fused-ring (bicyclic) bond motifs is 1. The number of hydrogen-bond acceptors (Lipinski definition) is 6. The molecule has 1 aliphatic heterocycles. The predicted molar refractivity (Wildman–Crippen MR) is 113 cm³/mol. The van der Waals surface area contributed by atoms with Gasteiger partial charge in [0.15, 0.2) is 0 Å². The summed E-state index contributed by atoms with van der Waals surface area (Å²) in [6.07, 6.45) is 3.26. The van der Waals surface area contributed by atoms with Crippen LogP contribution < -0.4 is 10.1 Å². The smallest absolute Gasteiger partial charge is 0.123 e. The van der Waals surface area contributed by atoms with Crippen LogP contribution in [0.2, 0.25) is 0 Å². The largest absolute Gasteiger partial charge is 0.490 e. The van der Waals surface area contributed by atoms with Gasteiger partial charge in [-0.1, -0.05) is 18.2 Å². The second kappa shape index (κ2) is 9.26. The number of hydrogen-bond donors (Lipinski definition) is 4. The lowest BCUT2D eigenvalue weighted by Crippen LogP contribution is -2.41. The van der Waals surface area contributed by atoms with Crippen LogP contribution in [0.15, 0.2) is 48.7 Å². The summed E-state index contributed by atoms with van der Waals surface area (Å²) in [4.78, 5) is 2.43. The Morgan fingerprint density at radius 3 is 3.07 bits per heavy atom. The fourth-order valence-corrected chi connectivity index (χ4v) is 3.84. The number of aliphatic hydroxyl groups excluding tert-OH is 2. The van der Waals surface area contributed by atoms with Crippen LogP contribution in [0.25, 0.3) is 10.9 Å². The first kappa shape index (κ1) is 19.7. The van der Waals surface area contributed by atoms with E-state index in [4.69, 9.17) is 9.84 Å². The average Bonchev–Trinajstić information content (AvgIpc) is 3.21. The molecule has 4 rings (SSSR count). The molecule has 4 N–H and O–H groups in total. The summed E-state index contributed by atoms with van der Waals surface area (Å²) < 4.78 is 5.73. The molecular weight excluding hydrogens is 368 g/mol. The highest BCUT2D eigenvalue weighted by Gasteiger charge is 2.21. The van der Waals surface area contributed by atoms with Gasteiger partial charge in [0.05, 0.1) is 18.3 Å². The quantitative estimate of drug-likeness (QED) is 0.467. The van der Waals surface area contributed by atoms with E-state index in [1.807, 2.05) is 24.4 Å². The maximum atomic E-state index is 9.56. The van der Waals surface area contributed by atoms with E-state index in [-0.39, 0.29) is 13.2 Å². The number of aliphatic hydroxyl groups is 2. The Hall–Kier alpha value is -2.61. The number of para-hydroxylation sites is 1. The molecule has 1 fully saturated rings. The van der Waals surface area contributed by atoms with Crippen LogP contribution in [0.4, 0.5) is 5.69 Å². The number of H-pyrrole nitrogens is 1. The third-order valence-electron chi connectivity index (χ3n) is 5.33. The first-order valence-corrected chi connectivity index (χ1v) is 10.1. The van der Waals surface area contributed by atoms with E-state index in [0.717, 1.165) is 60.4 Å². The molecule has 7 nitrogen and oxygen atoms in total. The maximum Gasteiger partial charge on any atom is 0.123 e. The third-order valence-corrected chi connectivity index (χ3v) is 5.33. The minimum absolute atomic E-state index is 0.0915. The molecule has 1 aromatic heterocycles. The van der Waals surface area contributed by atoms with E-state index in [9.17, 15) is 5.11 Å². The molecule has 2 atom stereocenters. The molecule has 2 aromatic carbocycles. The van der Waals surface area contributed by atoms with Crippen molar-refractivity contribution < 1.29 is 14.9 Å². The van der Waals surface area contributed by atoms with Gasteiger partial charge in [-0.25, -0.2) is 0 Å². The second-order valence-corrected chi connectivity index (χ2v) is 7.65. The van der Waals surface area contributed by atoms with E-state index in [1.54, 1.807) is 0 Å². The molecule has 154 valence electrons. The Balaban J connectivity index is 1.37. The maximum absolute atomic E-state index is 9.56. The van der Waals surface area contributed by atoms with Gasteiger partial charge in [-0.15, -0.1) is 0 Å². The molecular formula is C22H28N4O3. The molecule has 0 amide bonds. The lowest BCUT2D eigenvalue weighted by molar-refractivity contribution is 0.0529. The summed E-state index contributed by atoms with van der Waals surface area (Å²) in [5, 5.41) is 30.4. The molecule has 3 aromatic rings. The predicted octanol–water partition coefficient (Wildman–Crippen LogP) is 2.37. The molecule has 0 aliphatic carbocycles. The number of piperidine rings is 1. The van der Waals surface area contributed by atoms with Gasteiger partial charge in [0.25, 0.3) is 0 Å². The highest BCUT2D eigenvalue weighted by atomic mass is 16.5. The van der Waals surface area contributed by atoms with Gasteiger partial charge in [0.2, 0.25) is 0 Å². The average molecular weight is 396 g/mol. The highest BCUT2D eigenvalue weighted by Crippen LogP contribution is 2.24. The van der Waals surface area contributed by atoms with Crippen LogP contribution >= 0.6 is 0 Å². The van der Waals surface area contributed by atoms with E-state index in [2.05, 4.69) is 44.7 Å². The van der Waals surface area contributed by atoms with Crippen molar-refractivity contribution in [1.29, 1.82) is 0 Å². The van der Waals surface area contributed by atoms with Gasteiger partial charge in [-0.05, 0) is 43.7 Å². The van der Waals surface area contributed by atoms with Crippen LogP contribution in [-0.4, -0.2) is 63.8 Å². The molecule has 1 unspecified atom stereocenters. The van der Waals surface area contributed by atoms with Crippen molar-refractivity contribution in [2.24, 2.45) is 0 Å². The van der Waals surface area contributed by atoms with Crippen LogP contribution in [0.5, 0.6) is 5.75 Å². The summed E-state index contributed by atoms with van der Waals surface area (Å²) in [7, 11) is 0. The standard InChI is InChI=1S/C22H28N4O3/c27-14-20(28)15-29-22-6-2-1-4-16(22)12-26-9-3-5-19(13-26)24-18-7-8-21-17(10-18)11-23-25-21/h1-2,4,6-8,10-11,19-20,24,27-28H,3,5,9,12-15H2,(H,23,25)/t19-,20?/m1/s1. The number of aromatic amines is 1. The summed E-state index contributed by atoms with van der Waals surface area (Å²) in [5.74, 6) is 0.764. The number of ether oxygens (including phenoxy) is 1. The van der Waals surface area contributed by atoms with Gasteiger partial charge in [0, 0.05) is 35.8 Å². The van der Waals surface area contributed by atoms with E-state index >= 15 is 0 Å². The van der Waals surface area contributed by atoms with Gasteiger partial charge in [-0.3, -0.25) is 10.00 Å². The van der Waals surface area contributed by atoms with Gasteiger partial charge < -0.3 is 20.3 Å². The van der Waals surface area contributed by atoms with Crippen LogP contribution in [-0.2, 0) is 6.54 Å². The normalized spacial score (nSPS) is 18.6. The van der Waals surface area contributed by atoms with Crippen LogP contribution in [0.3, 0.4) is 0 Å². The molecule has 2 heterocycles. The minimum Gasteiger partial charge on any atom is -0.490 e. The number of aromatic nitrogens is 2. The summed E-state index contributed by atoms with van der Waals surface area (Å²) in [5.41, 5.74) is 3.26. The molecule has 7 heteroatoms. The van der Waals surface area contributed by atoms with Crippen molar-refractivity contribution >= 4 is 16.6 Å². The molecule has 1 saturated heterocycles. The van der Waals surface area contributed by atoms with Gasteiger partial charge in [0.1, 0.15) is 18.5 Å². The number of rotatable bonds is 8. The van der Waals surface area contributed by atoms with E-state index in [1.165, 1.54) is 0 Å². The Morgan fingerprint density at radius 1 is 1.28 bits per heavy atom. The van der Waals surface area contributed by atoms with Crippen LogP contribution in [0.1, 0.15) is 18.4 Å². The zero-order valence-corrected chi connectivity index (χ0v) is 16.4. The monoisotopic (exact) mass is 396 g/mol. The van der Waals surface area contributed by atoms with Crippen molar-refractivity contribution in [1.82, 2.24) is 15.1 Å². The zero-order chi connectivity index (χ0) is 20.1. The fourth-order valence-electron chi connectivity index (χ4n) is 3.84. The van der Waals surface area contributed by atoms with E-state index < -0.39 is 6.10 Å². The number of benzene rings is 2. The summed E-state index contributed by atoms with van der Waals surface area (Å²) in [6, 6.07) is 14.6. The van der Waals surface area contributed by atoms with Crippen molar-refractivity contribution in [3.8, 4) is 5.75 Å². The Morgan fingerprint density at radius 2 is 2.17 bits per heavy atom. The molecule has 0 radical (unpaired) electrons. The summed E-state index contributed by atoms with van der Waals surface area (Å²) >= 11 is 0. The number of anilines is 1. The zero-order valence-electron chi connectivity index (χ0n) is 16.4. The Kier molecular flexibility index (Phi) is 6.29. The second-order valence-electron chi connectivity index (χ2n) is 7.65. The SMILES string of the molecule is OCC(O)COc1ccccc1CN1CCC[C@@H](Nc2ccc3[nH]ncc3c2)C1. The topological polar surface area (TPSA) is 93.6 Å². The van der Waals surface area contributed by atoms with Gasteiger partial charge >= 0.3 is 0 Å². The van der Waals surface area contributed by atoms with Crippen molar-refractivity contribution in [3.63, 3.8) is 0 Å². The molecule has 0 saturated carbocycles. The number of likely N-dealkylation sites (tertiary alicyclic amines) is 1. The molecule has 1 aliphatic rings. The molecule has 0 bridgehead atoms. The summed E-state index contributed by atoms with van der Waals surface area (Å²) in [6.45, 7) is 2.59. The first-order chi connectivity index (χ1) is 14.2. The Bertz CT molecular complexity index is 929. The van der Waals surface area contributed by atoms with Crippen molar-refractivity contribution in [2.75, 3.05) is 31.6 Å². The molecule has 0 spiro atoms. The number of nitrogens with zero attached hydrogens (tertiary/aromatic N) is 2. The third kappa shape index (κ3) is 5.06. The van der Waals surface area contributed by atoms with Crippen LogP contribution in [0, 0.1) is 0 Å². The van der Waals surface area contributed by atoms with E-state index in [0.29, 0.717) is 6.04 Å². The van der Waals surface area contributed by atoms with Crippen molar-refractivity contribution in [2.45, 2.75) is 31.5 Å². The minimum atomic E-state index is -0.862. The number of nitrogens with one attached hydrogen (secondary N) is 2. The highest BCUT2D eigenvalue weighted by molar-refractivity contribution is 5.81. The fraction of sp³-hybridized carbons (Fsp3) is 0.409.